The molecule has 0 radical (unpaired) electrons. The minimum atomic E-state index is -0.0103. The third kappa shape index (κ3) is 3.69. The van der Waals surface area contributed by atoms with E-state index in [1.807, 2.05) is 0 Å². The first kappa shape index (κ1) is 14.9. The monoisotopic (exact) mass is 249 g/mol. The predicted octanol–water partition coefficient (Wildman–Crippen LogP) is 3.71. The molecule has 0 saturated heterocycles. The standard InChI is InChI=1S/C15H27N3/c1-8-16-13-11(4)12(9-10(2)3)17-14(18-13)15(5,6)7/h10H,8-9H2,1-7H3,(H,16,17,18). The molecule has 1 aromatic rings. The number of anilines is 1. The topological polar surface area (TPSA) is 37.8 Å². The van der Waals surface area contributed by atoms with Gasteiger partial charge >= 0.3 is 0 Å². The van der Waals surface area contributed by atoms with Crippen molar-refractivity contribution in [2.24, 2.45) is 5.92 Å². The minimum Gasteiger partial charge on any atom is -0.370 e. The highest BCUT2D eigenvalue weighted by atomic mass is 15.0. The Balaban J connectivity index is 3.27. The summed E-state index contributed by atoms with van der Waals surface area (Å²) in [5, 5.41) is 3.35. The summed E-state index contributed by atoms with van der Waals surface area (Å²) in [7, 11) is 0. The Morgan fingerprint density at radius 3 is 2.22 bits per heavy atom. The third-order valence-electron chi connectivity index (χ3n) is 2.86. The third-order valence-corrected chi connectivity index (χ3v) is 2.86. The van der Waals surface area contributed by atoms with Crippen molar-refractivity contribution in [3.63, 3.8) is 0 Å². The van der Waals surface area contributed by atoms with Gasteiger partial charge in [0, 0.05) is 23.2 Å². The molecule has 102 valence electrons. The average molecular weight is 249 g/mol. The maximum absolute atomic E-state index is 4.78. The van der Waals surface area contributed by atoms with E-state index in [4.69, 9.17) is 4.98 Å². The Hall–Kier alpha value is -1.12. The second-order valence-corrected chi connectivity index (χ2v) is 6.35. The van der Waals surface area contributed by atoms with Gasteiger partial charge in [-0.2, -0.15) is 0 Å². The Kier molecular flexibility index (Phi) is 4.71. The van der Waals surface area contributed by atoms with E-state index >= 15 is 0 Å². The SMILES string of the molecule is CCNc1nc(C(C)(C)C)nc(CC(C)C)c1C. The first-order valence-corrected chi connectivity index (χ1v) is 6.87. The van der Waals surface area contributed by atoms with Crippen LogP contribution in [0.5, 0.6) is 0 Å². The van der Waals surface area contributed by atoms with Crippen molar-refractivity contribution in [1.82, 2.24) is 9.97 Å². The van der Waals surface area contributed by atoms with E-state index < -0.39 is 0 Å². The fraction of sp³-hybridized carbons (Fsp3) is 0.733. The molecule has 0 fully saturated rings. The number of nitrogens with one attached hydrogen (secondary N) is 1. The molecule has 0 bridgehead atoms. The molecule has 0 saturated carbocycles. The smallest absolute Gasteiger partial charge is 0.136 e. The molecule has 0 atom stereocenters. The lowest BCUT2D eigenvalue weighted by Gasteiger charge is -2.21. The molecule has 3 nitrogen and oxygen atoms in total. The molecular formula is C15H27N3. The van der Waals surface area contributed by atoms with Crippen LogP contribution < -0.4 is 5.32 Å². The molecular weight excluding hydrogens is 222 g/mol. The van der Waals surface area contributed by atoms with Crippen LogP contribution >= 0.6 is 0 Å². The van der Waals surface area contributed by atoms with Gasteiger partial charge in [0.25, 0.3) is 0 Å². The lowest BCUT2D eigenvalue weighted by atomic mass is 9.94. The van der Waals surface area contributed by atoms with E-state index in [1.54, 1.807) is 0 Å². The molecule has 0 spiro atoms. The van der Waals surface area contributed by atoms with Crippen LogP contribution in [0.3, 0.4) is 0 Å². The second kappa shape index (κ2) is 5.68. The lowest BCUT2D eigenvalue weighted by Crippen LogP contribution is -2.20. The van der Waals surface area contributed by atoms with Gasteiger partial charge in [-0.3, -0.25) is 0 Å². The number of rotatable bonds is 4. The van der Waals surface area contributed by atoms with Crippen molar-refractivity contribution >= 4 is 5.82 Å². The number of hydrogen-bond acceptors (Lipinski definition) is 3. The first-order chi connectivity index (χ1) is 8.25. The quantitative estimate of drug-likeness (QED) is 0.884. The average Bonchev–Trinajstić information content (AvgIpc) is 2.21. The molecule has 0 aliphatic carbocycles. The summed E-state index contributed by atoms with van der Waals surface area (Å²) < 4.78 is 0. The molecule has 0 amide bonds. The molecule has 1 rings (SSSR count). The van der Waals surface area contributed by atoms with Gasteiger partial charge in [0.1, 0.15) is 11.6 Å². The van der Waals surface area contributed by atoms with Crippen molar-refractivity contribution in [3.8, 4) is 0 Å². The van der Waals surface area contributed by atoms with Crippen molar-refractivity contribution in [1.29, 1.82) is 0 Å². The van der Waals surface area contributed by atoms with Crippen LogP contribution in [-0.4, -0.2) is 16.5 Å². The van der Waals surface area contributed by atoms with Crippen LogP contribution in [0.15, 0.2) is 0 Å². The number of aromatic nitrogens is 2. The minimum absolute atomic E-state index is 0.0103. The van der Waals surface area contributed by atoms with Crippen molar-refractivity contribution in [2.45, 2.75) is 60.3 Å². The zero-order chi connectivity index (χ0) is 13.9. The maximum Gasteiger partial charge on any atom is 0.136 e. The first-order valence-electron chi connectivity index (χ1n) is 6.87. The molecule has 18 heavy (non-hydrogen) atoms. The van der Waals surface area contributed by atoms with Gasteiger partial charge in [0.05, 0.1) is 0 Å². The summed E-state index contributed by atoms with van der Waals surface area (Å²) in [6.07, 6.45) is 1.01. The molecule has 1 heterocycles. The van der Waals surface area contributed by atoms with Crippen LogP contribution in [0.4, 0.5) is 5.82 Å². The Labute approximate surface area is 111 Å². The van der Waals surface area contributed by atoms with E-state index in [-0.39, 0.29) is 5.41 Å². The summed E-state index contributed by atoms with van der Waals surface area (Å²) in [4.78, 5) is 9.45. The number of hydrogen-bond donors (Lipinski definition) is 1. The molecule has 1 N–H and O–H groups in total. The van der Waals surface area contributed by atoms with Gasteiger partial charge in [0.15, 0.2) is 0 Å². The van der Waals surface area contributed by atoms with Crippen LogP contribution in [0.1, 0.15) is 58.6 Å². The molecule has 3 heteroatoms. The van der Waals surface area contributed by atoms with E-state index in [2.05, 4.69) is 58.8 Å². The summed E-state index contributed by atoms with van der Waals surface area (Å²) >= 11 is 0. The van der Waals surface area contributed by atoms with Crippen LogP contribution in [0.25, 0.3) is 0 Å². The number of nitrogens with zero attached hydrogens (tertiary/aromatic N) is 2. The van der Waals surface area contributed by atoms with Crippen molar-refractivity contribution in [3.05, 3.63) is 17.1 Å². The fourth-order valence-corrected chi connectivity index (χ4v) is 1.82. The zero-order valence-electron chi connectivity index (χ0n) is 12.9. The zero-order valence-corrected chi connectivity index (χ0v) is 12.9. The molecule has 1 aromatic heterocycles. The Bertz CT molecular complexity index is 403. The maximum atomic E-state index is 4.78. The van der Waals surface area contributed by atoms with Gasteiger partial charge in [-0.05, 0) is 26.2 Å². The van der Waals surface area contributed by atoms with Gasteiger partial charge < -0.3 is 5.32 Å². The van der Waals surface area contributed by atoms with Crippen molar-refractivity contribution in [2.75, 3.05) is 11.9 Å². The molecule has 0 aliphatic rings. The summed E-state index contributed by atoms with van der Waals surface area (Å²) in [6, 6.07) is 0. The highest BCUT2D eigenvalue weighted by Crippen LogP contribution is 2.24. The normalized spacial score (nSPS) is 12.0. The van der Waals surface area contributed by atoms with Crippen LogP contribution in [0.2, 0.25) is 0 Å². The van der Waals surface area contributed by atoms with E-state index in [1.165, 1.54) is 11.3 Å². The van der Waals surface area contributed by atoms with E-state index in [0.717, 1.165) is 24.6 Å². The van der Waals surface area contributed by atoms with Crippen molar-refractivity contribution < 1.29 is 0 Å². The van der Waals surface area contributed by atoms with Crippen LogP contribution in [-0.2, 0) is 11.8 Å². The van der Waals surface area contributed by atoms with Gasteiger partial charge in [-0.15, -0.1) is 0 Å². The molecule has 0 unspecified atom stereocenters. The lowest BCUT2D eigenvalue weighted by molar-refractivity contribution is 0.534. The Morgan fingerprint density at radius 1 is 1.17 bits per heavy atom. The van der Waals surface area contributed by atoms with E-state index in [0.29, 0.717) is 5.92 Å². The molecule has 0 aliphatic heterocycles. The summed E-state index contributed by atoms with van der Waals surface area (Å²) in [5.74, 6) is 2.54. The summed E-state index contributed by atoms with van der Waals surface area (Å²) in [5.41, 5.74) is 2.36. The highest BCUT2D eigenvalue weighted by Gasteiger charge is 2.21. The van der Waals surface area contributed by atoms with Gasteiger partial charge in [-0.25, -0.2) is 9.97 Å². The Morgan fingerprint density at radius 2 is 1.78 bits per heavy atom. The highest BCUT2D eigenvalue weighted by molar-refractivity contribution is 5.46. The predicted molar refractivity (Wildman–Crippen MR) is 78.2 cm³/mol. The summed E-state index contributed by atoms with van der Waals surface area (Å²) in [6.45, 7) is 16.0. The molecule has 0 aromatic carbocycles. The van der Waals surface area contributed by atoms with Gasteiger partial charge in [0.2, 0.25) is 0 Å². The largest absolute Gasteiger partial charge is 0.370 e. The van der Waals surface area contributed by atoms with Crippen LogP contribution in [0, 0.1) is 12.8 Å². The fourth-order valence-electron chi connectivity index (χ4n) is 1.82. The van der Waals surface area contributed by atoms with Gasteiger partial charge in [-0.1, -0.05) is 34.6 Å². The second-order valence-electron chi connectivity index (χ2n) is 6.35. The van der Waals surface area contributed by atoms with E-state index in [9.17, 15) is 0 Å².